The molecule has 5 aromatic rings. The Morgan fingerprint density at radius 1 is 0.949 bits per heavy atom. The standard InChI is InChI=1S/C29H24FN3O5S/c1-18-4-11-23(12-5-18)39(36,37)33-15-14-24-26(17-32(3)29(35)28(24)33)25-16-21(31-19(2)34)8-13-27(25)38-22-9-6-20(30)7-10-22/h4-17H,1-3H3,(H,31,34). The van der Waals surface area contributed by atoms with E-state index in [0.717, 1.165) is 9.54 Å². The third kappa shape index (κ3) is 4.94. The Hall–Kier alpha value is -4.70. The van der Waals surface area contributed by atoms with Crippen LogP contribution in [-0.4, -0.2) is 22.9 Å². The number of amides is 1. The number of ether oxygens (including phenoxy) is 1. The summed E-state index contributed by atoms with van der Waals surface area (Å²) in [6, 6.07) is 18.4. The first-order valence-corrected chi connectivity index (χ1v) is 13.4. The number of hydrogen-bond donors (Lipinski definition) is 1. The van der Waals surface area contributed by atoms with Crippen LogP contribution in [0.4, 0.5) is 10.1 Å². The minimum atomic E-state index is -4.08. The average molecular weight is 546 g/mol. The van der Waals surface area contributed by atoms with Crippen molar-refractivity contribution in [3.8, 4) is 22.6 Å². The van der Waals surface area contributed by atoms with Crippen molar-refractivity contribution >= 4 is 32.5 Å². The molecule has 0 bridgehead atoms. The number of benzene rings is 3. The fourth-order valence-electron chi connectivity index (χ4n) is 4.31. The molecule has 0 saturated heterocycles. The van der Waals surface area contributed by atoms with Gasteiger partial charge in [-0.15, -0.1) is 0 Å². The average Bonchev–Trinajstić information content (AvgIpc) is 3.35. The van der Waals surface area contributed by atoms with Crippen molar-refractivity contribution < 1.29 is 22.3 Å². The summed E-state index contributed by atoms with van der Waals surface area (Å²) in [7, 11) is -2.56. The monoisotopic (exact) mass is 545 g/mol. The van der Waals surface area contributed by atoms with Gasteiger partial charge in [0.25, 0.3) is 15.6 Å². The Kier molecular flexibility index (Phi) is 6.57. The van der Waals surface area contributed by atoms with Crippen LogP contribution in [0.2, 0.25) is 0 Å². The number of rotatable bonds is 6. The highest BCUT2D eigenvalue weighted by atomic mass is 32.2. The number of anilines is 1. The summed E-state index contributed by atoms with van der Waals surface area (Å²) in [6.07, 6.45) is 2.93. The highest BCUT2D eigenvalue weighted by molar-refractivity contribution is 7.90. The van der Waals surface area contributed by atoms with Crippen LogP contribution in [0.5, 0.6) is 11.5 Å². The number of carbonyl (C=O) groups excluding carboxylic acids is 1. The van der Waals surface area contributed by atoms with Crippen molar-refractivity contribution in [3.05, 3.63) is 107 Å². The van der Waals surface area contributed by atoms with Gasteiger partial charge < -0.3 is 14.6 Å². The lowest BCUT2D eigenvalue weighted by Gasteiger charge is -2.16. The minimum absolute atomic E-state index is 0.0340. The van der Waals surface area contributed by atoms with Crippen molar-refractivity contribution in [2.75, 3.05) is 5.32 Å². The van der Waals surface area contributed by atoms with Crippen LogP contribution >= 0.6 is 0 Å². The molecule has 3 aromatic carbocycles. The Bertz CT molecular complexity index is 1890. The van der Waals surface area contributed by atoms with Gasteiger partial charge >= 0.3 is 0 Å². The van der Waals surface area contributed by atoms with Crippen molar-refractivity contribution in [3.63, 3.8) is 0 Å². The van der Waals surface area contributed by atoms with E-state index in [9.17, 15) is 22.4 Å². The van der Waals surface area contributed by atoms with Crippen molar-refractivity contribution in [1.82, 2.24) is 8.54 Å². The molecule has 0 spiro atoms. The summed E-state index contributed by atoms with van der Waals surface area (Å²) >= 11 is 0. The van der Waals surface area contributed by atoms with E-state index < -0.39 is 21.4 Å². The number of carbonyl (C=O) groups is 1. The zero-order valence-corrected chi connectivity index (χ0v) is 22.1. The molecule has 0 unspecified atom stereocenters. The molecule has 0 aliphatic rings. The minimum Gasteiger partial charge on any atom is -0.457 e. The molecular weight excluding hydrogens is 521 g/mol. The third-order valence-corrected chi connectivity index (χ3v) is 7.89. The highest BCUT2D eigenvalue weighted by Gasteiger charge is 2.24. The van der Waals surface area contributed by atoms with Gasteiger partial charge in [0.2, 0.25) is 5.91 Å². The maximum atomic E-state index is 13.6. The van der Waals surface area contributed by atoms with Crippen molar-refractivity contribution in [2.45, 2.75) is 18.7 Å². The first-order chi connectivity index (χ1) is 18.5. The number of aromatic nitrogens is 2. The largest absolute Gasteiger partial charge is 0.457 e. The zero-order valence-electron chi connectivity index (χ0n) is 21.3. The molecule has 0 aliphatic carbocycles. The molecule has 10 heteroatoms. The molecule has 0 saturated carbocycles. The normalized spacial score (nSPS) is 11.5. The molecule has 2 aromatic heterocycles. The molecule has 1 amide bonds. The van der Waals surface area contributed by atoms with Crippen LogP contribution in [0.1, 0.15) is 12.5 Å². The van der Waals surface area contributed by atoms with Gasteiger partial charge in [0, 0.05) is 48.6 Å². The summed E-state index contributed by atoms with van der Waals surface area (Å²) < 4.78 is 48.9. The third-order valence-electron chi connectivity index (χ3n) is 6.20. The summed E-state index contributed by atoms with van der Waals surface area (Å²) in [4.78, 5) is 25.1. The van der Waals surface area contributed by atoms with Gasteiger partial charge in [-0.2, -0.15) is 0 Å². The Labute approximate surface area is 224 Å². The summed E-state index contributed by atoms with van der Waals surface area (Å²) in [6.45, 7) is 3.23. The molecule has 0 aliphatic heterocycles. The van der Waals surface area contributed by atoms with Crippen molar-refractivity contribution in [1.29, 1.82) is 0 Å². The fraction of sp³-hybridized carbons (Fsp3) is 0.103. The maximum Gasteiger partial charge on any atom is 0.275 e. The SMILES string of the molecule is CC(=O)Nc1ccc(Oc2ccc(F)cc2)c(-c2cn(C)c(=O)c3c2ccn3S(=O)(=O)c2ccc(C)cc2)c1. The highest BCUT2D eigenvalue weighted by Crippen LogP contribution is 2.39. The predicted molar refractivity (Wildman–Crippen MR) is 147 cm³/mol. The molecule has 198 valence electrons. The van der Waals surface area contributed by atoms with Crippen LogP contribution in [0, 0.1) is 12.7 Å². The van der Waals surface area contributed by atoms with Gasteiger partial charge in [0.1, 0.15) is 22.8 Å². The Morgan fingerprint density at radius 3 is 2.31 bits per heavy atom. The van der Waals surface area contributed by atoms with Gasteiger partial charge in [-0.05, 0) is 67.6 Å². The van der Waals surface area contributed by atoms with Crippen LogP contribution in [-0.2, 0) is 21.9 Å². The van der Waals surface area contributed by atoms with Gasteiger partial charge in [-0.3, -0.25) is 9.59 Å². The summed E-state index contributed by atoms with van der Waals surface area (Å²) in [5.74, 6) is 0.0175. The number of hydrogen-bond acceptors (Lipinski definition) is 5. The van der Waals surface area contributed by atoms with Gasteiger partial charge in [-0.25, -0.2) is 16.8 Å². The molecule has 39 heavy (non-hydrogen) atoms. The Balaban J connectivity index is 1.74. The van der Waals surface area contributed by atoms with Crippen LogP contribution in [0.15, 0.2) is 94.9 Å². The molecule has 8 nitrogen and oxygen atoms in total. The number of nitrogens with one attached hydrogen (secondary N) is 1. The van der Waals surface area contributed by atoms with E-state index >= 15 is 0 Å². The number of halogens is 1. The molecule has 1 N–H and O–H groups in total. The molecule has 5 rings (SSSR count). The number of nitrogens with zero attached hydrogens (tertiary/aromatic N) is 2. The smallest absolute Gasteiger partial charge is 0.275 e. The van der Waals surface area contributed by atoms with Gasteiger partial charge in [0.05, 0.1) is 4.90 Å². The molecular formula is C29H24FN3O5S. The van der Waals surface area contributed by atoms with Crippen LogP contribution < -0.4 is 15.6 Å². The van der Waals surface area contributed by atoms with E-state index in [1.54, 1.807) is 42.6 Å². The number of fused-ring (bicyclic) bond motifs is 1. The summed E-state index contributed by atoms with van der Waals surface area (Å²) in [5.41, 5.74) is 1.81. The van der Waals surface area contributed by atoms with Gasteiger partial charge in [0.15, 0.2) is 0 Å². The fourth-order valence-corrected chi connectivity index (χ4v) is 5.65. The van der Waals surface area contributed by atoms with E-state index in [1.165, 1.54) is 61.1 Å². The molecule has 0 radical (unpaired) electrons. The first kappa shape index (κ1) is 25.9. The lowest BCUT2D eigenvalue weighted by Crippen LogP contribution is -2.22. The lowest BCUT2D eigenvalue weighted by atomic mass is 10.0. The van der Waals surface area contributed by atoms with E-state index in [1.807, 2.05) is 6.92 Å². The number of aryl methyl sites for hydroxylation is 2. The molecule has 0 fully saturated rings. The quantitative estimate of drug-likeness (QED) is 0.306. The van der Waals surface area contributed by atoms with Crippen molar-refractivity contribution in [2.24, 2.45) is 7.05 Å². The van der Waals surface area contributed by atoms with Crippen LogP contribution in [0.25, 0.3) is 22.0 Å². The lowest BCUT2D eigenvalue weighted by molar-refractivity contribution is -0.114. The molecule has 2 heterocycles. The van der Waals surface area contributed by atoms with E-state index in [-0.39, 0.29) is 16.3 Å². The van der Waals surface area contributed by atoms with E-state index in [0.29, 0.717) is 33.7 Å². The second-order valence-corrected chi connectivity index (χ2v) is 10.9. The topological polar surface area (TPSA) is 99.4 Å². The number of pyridine rings is 1. The van der Waals surface area contributed by atoms with Crippen LogP contribution in [0.3, 0.4) is 0 Å². The van der Waals surface area contributed by atoms with Gasteiger partial charge in [-0.1, -0.05) is 17.7 Å². The summed E-state index contributed by atoms with van der Waals surface area (Å²) in [5, 5.41) is 3.10. The first-order valence-electron chi connectivity index (χ1n) is 11.9. The maximum absolute atomic E-state index is 13.6. The second-order valence-electron chi connectivity index (χ2n) is 9.10. The Morgan fingerprint density at radius 2 is 1.64 bits per heavy atom. The second kappa shape index (κ2) is 9.88. The van der Waals surface area contributed by atoms with E-state index in [4.69, 9.17) is 4.74 Å². The van der Waals surface area contributed by atoms with E-state index in [2.05, 4.69) is 5.32 Å². The zero-order chi connectivity index (χ0) is 27.9. The molecule has 0 atom stereocenters. The predicted octanol–water partition coefficient (Wildman–Crippen LogP) is 5.44.